The van der Waals surface area contributed by atoms with Gasteiger partial charge in [-0.25, -0.2) is 4.79 Å². The van der Waals surface area contributed by atoms with E-state index in [1.54, 1.807) is 4.90 Å². The molecule has 0 radical (unpaired) electrons. The summed E-state index contributed by atoms with van der Waals surface area (Å²) in [6.45, 7) is 17.9. The first-order valence-corrected chi connectivity index (χ1v) is 10.1. The zero-order valence-corrected chi connectivity index (χ0v) is 17.8. The number of rotatable bonds is 4. The first-order valence-electron chi connectivity index (χ1n) is 10.1. The van der Waals surface area contributed by atoms with Crippen molar-refractivity contribution in [2.75, 3.05) is 37.7 Å². The minimum absolute atomic E-state index is 0.0249. The Balaban J connectivity index is 1.76. The first-order chi connectivity index (χ1) is 13.2. The van der Waals surface area contributed by atoms with Crippen LogP contribution in [0, 0.1) is 0 Å². The second-order valence-corrected chi connectivity index (χ2v) is 8.93. The average molecular weight is 392 g/mol. The molecule has 2 atom stereocenters. The van der Waals surface area contributed by atoms with Crippen LogP contribution in [0.15, 0.2) is 12.2 Å². The molecule has 2 aliphatic rings. The van der Waals surface area contributed by atoms with E-state index < -0.39 is 5.60 Å². The maximum absolute atomic E-state index is 12.5. The summed E-state index contributed by atoms with van der Waals surface area (Å²) < 4.78 is 13.3. The molecule has 3 heterocycles. The molecule has 2 aliphatic heterocycles. The second-order valence-electron chi connectivity index (χ2n) is 8.93. The Morgan fingerprint density at radius 3 is 2.64 bits per heavy atom. The SMILES string of the molecule is C=C(C)Cn1c(C2CCOC2)nnc1N1CCN(C(=O)OC(C)(C)C)[C@@H](C)C1. The van der Waals surface area contributed by atoms with Crippen LogP contribution in [0.3, 0.4) is 0 Å². The fraction of sp³-hybridized carbons (Fsp3) is 0.750. The molecule has 1 amide bonds. The minimum atomic E-state index is -0.492. The number of carbonyl (C=O) groups is 1. The van der Waals surface area contributed by atoms with E-state index in [1.807, 2.05) is 34.6 Å². The number of piperazine rings is 1. The number of nitrogens with zero attached hydrogens (tertiary/aromatic N) is 5. The Morgan fingerprint density at radius 2 is 2.07 bits per heavy atom. The number of aromatic nitrogens is 3. The van der Waals surface area contributed by atoms with Gasteiger partial charge in [0.2, 0.25) is 5.95 Å². The van der Waals surface area contributed by atoms with Gasteiger partial charge in [-0.05, 0) is 41.0 Å². The van der Waals surface area contributed by atoms with Crippen molar-refractivity contribution in [3.8, 4) is 0 Å². The number of hydrogen-bond donors (Lipinski definition) is 0. The van der Waals surface area contributed by atoms with Crippen LogP contribution >= 0.6 is 0 Å². The van der Waals surface area contributed by atoms with Crippen LogP contribution in [0.1, 0.15) is 52.8 Å². The quantitative estimate of drug-likeness (QED) is 0.735. The van der Waals surface area contributed by atoms with Crippen LogP contribution in [0.4, 0.5) is 10.7 Å². The molecule has 28 heavy (non-hydrogen) atoms. The molecule has 2 saturated heterocycles. The van der Waals surface area contributed by atoms with Crippen molar-refractivity contribution in [3.63, 3.8) is 0 Å². The molecular formula is C20H33N5O3. The summed E-state index contributed by atoms with van der Waals surface area (Å²) in [4.78, 5) is 16.5. The van der Waals surface area contributed by atoms with Crippen molar-refractivity contribution < 1.29 is 14.3 Å². The third kappa shape index (κ3) is 4.66. The molecule has 156 valence electrons. The number of hydrogen-bond acceptors (Lipinski definition) is 6. The summed E-state index contributed by atoms with van der Waals surface area (Å²) in [6.07, 6.45) is 0.712. The smallest absolute Gasteiger partial charge is 0.410 e. The molecule has 1 unspecified atom stereocenters. The van der Waals surface area contributed by atoms with E-state index in [4.69, 9.17) is 9.47 Å². The van der Waals surface area contributed by atoms with Gasteiger partial charge in [0.25, 0.3) is 0 Å². The van der Waals surface area contributed by atoms with E-state index >= 15 is 0 Å². The van der Waals surface area contributed by atoms with Gasteiger partial charge in [-0.3, -0.25) is 4.57 Å². The molecule has 0 spiro atoms. The van der Waals surface area contributed by atoms with Crippen LogP contribution in [0.25, 0.3) is 0 Å². The molecule has 0 aromatic carbocycles. The van der Waals surface area contributed by atoms with Gasteiger partial charge in [0, 0.05) is 44.7 Å². The van der Waals surface area contributed by atoms with Gasteiger partial charge in [0.05, 0.1) is 6.61 Å². The van der Waals surface area contributed by atoms with Gasteiger partial charge < -0.3 is 19.3 Å². The largest absolute Gasteiger partial charge is 0.444 e. The summed E-state index contributed by atoms with van der Waals surface area (Å²) in [5, 5.41) is 9.01. The van der Waals surface area contributed by atoms with Crippen molar-refractivity contribution in [2.24, 2.45) is 0 Å². The van der Waals surface area contributed by atoms with Gasteiger partial charge >= 0.3 is 6.09 Å². The molecule has 1 aromatic heterocycles. The molecule has 0 N–H and O–H groups in total. The van der Waals surface area contributed by atoms with Crippen molar-refractivity contribution in [1.82, 2.24) is 19.7 Å². The zero-order chi connectivity index (χ0) is 20.5. The number of carbonyl (C=O) groups excluding carboxylic acids is 1. The fourth-order valence-corrected chi connectivity index (χ4v) is 3.73. The van der Waals surface area contributed by atoms with Gasteiger partial charge in [0.15, 0.2) is 0 Å². The highest BCUT2D eigenvalue weighted by atomic mass is 16.6. The molecule has 1 aromatic rings. The van der Waals surface area contributed by atoms with Crippen molar-refractivity contribution in [3.05, 3.63) is 18.0 Å². The van der Waals surface area contributed by atoms with Gasteiger partial charge in [0.1, 0.15) is 11.4 Å². The number of anilines is 1. The molecule has 0 aliphatic carbocycles. The van der Waals surface area contributed by atoms with Gasteiger partial charge in [-0.2, -0.15) is 0 Å². The minimum Gasteiger partial charge on any atom is -0.444 e. The number of amides is 1. The summed E-state index contributed by atoms with van der Waals surface area (Å²) in [5.41, 5.74) is 0.565. The third-order valence-corrected chi connectivity index (χ3v) is 5.02. The van der Waals surface area contributed by atoms with Gasteiger partial charge in [-0.1, -0.05) is 12.2 Å². The molecule has 0 bridgehead atoms. The maximum Gasteiger partial charge on any atom is 0.410 e. The van der Waals surface area contributed by atoms with E-state index in [0.717, 1.165) is 30.4 Å². The van der Waals surface area contributed by atoms with Crippen LogP contribution in [0.2, 0.25) is 0 Å². The Hall–Kier alpha value is -2.09. The molecule has 8 heteroatoms. The maximum atomic E-state index is 12.5. The lowest BCUT2D eigenvalue weighted by atomic mass is 10.1. The normalized spacial score (nSPS) is 23.2. The monoisotopic (exact) mass is 391 g/mol. The predicted octanol–water partition coefficient (Wildman–Crippen LogP) is 2.80. The van der Waals surface area contributed by atoms with E-state index in [9.17, 15) is 4.79 Å². The van der Waals surface area contributed by atoms with Crippen molar-refractivity contribution in [2.45, 2.75) is 65.1 Å². The predicted molar refractivity (Wildman–Crippen MR) is 108 cm³/mol. The molecule has 2 fully saturated rings. The highest BCUT2D eigenvalue weighted by molar-refractivity contribution is 5.69. The molecule has 8 nitrogen and oxygen atoms in total. The summed E-state index contributed by atoms with van der Waals surface area (Å²) in [6, 6.07) is 0.0249. The van der Waals surface area contributed by atoms with E-state index in [0.29, 0.717) is 32.8 Å². The van der Waals surface area contributed by atoms with Crippen LogP contribution in [-0.4, -0.2) is 70.2 Å². The van der Waals surface area contributed by atoms with E-state index in [-0.39, 0.29) is 18.1 Å². The summed E-state index contributed by atoms with van der Waals surface area (Å²) in [5.74, 6) is 2.10. The number of allylic oxidation sites excluding steroid dienone is 1. The Labute approximate surface area is 167 Å². The van der Waals surface area contributed by atoms with Crippen molar-refractivity contribution >= 4 is 12.0 Å². The highest BCUT2D eigenvalue weighted by Crippen LogP contribution is 2.28. The standard InChI is InChI=1S/C20H33N5O3/c1-14(2)11-25-17(16-7-10-27-13-16)21-22-18(25)23-8-9-24(15(3)12-23)19(26)28-20(4,5)6/h15-16H,1,7-13H2,2-6H3/t15-,16?/m0/s1. The molecule has 0 saturated carbocycles. The Bertz CT molecular complexity index is 718. The van der Waals surface area contributed by atoms with Crippen LogP contribution in [0.5, 0.6) is 0 Å². The topological polar surface area (TPSA) is 72.7 Å². The average Bonchev–Trinajstić information content (AvgIpc) is 3.21. The second kappa shape index (κ2) is 8.11. The molecule has 3 rings (SSSR count). The van der Waals surface area contributed by atoms with Crippen LogP contribution < -0.4 is 4.90 Å². The van der Waals surface area contributed by atoms with Gasteiger partial charge in [-0.15, -0.1) is 10.2 Å². The third-order valence-electron chi connectivity index (χ3n) is 5.02. The Morgan fingerprint density at radius 1 is 1.32 bits per heavy atom. The Kier molecular flexibility index (Phi) is 5.98. The lowest BCUT2D eigenvalue weighted by Crippen LogP contribution is -2.55. The highest BCUT2D eigenvalue weighted by Gasteiger charge is 2.34. The molecular weight excluding hydrogens is 358 g/mol. The van der Waals surface area contributed by atoms with E-state index in [1.165, 1.54) is 0 Å². The fourth-order valence-electron chi connectivity index (χ4n) is 3.73. The lowest BCUT2D eigenvalue weighted by Gasteiger charge is -2.40. The first kappa shape index (κ1) is 20.6. The van der Waals surface area contributed by atoms with Crippen LogP contribution in [-0.2, 0) is 16.0 Å². The summed E-state index contributed by atoms with van der Waals surface area (Å²) in [7, 11) is 0. The lowest BCUT2D eigenvalue weighted by molar-refractivity contribution is 0.0158. The van der Waals surface area contributed by atoms with Crippen molar-refractivity contribution in [1.29, 1.82) is 0 Å². The summed E-state index contributed by atoms with van der Waals surface area (Å²) >= 11 is 0. The zero-order valence-electron chi connectivity index (χ0n) is 17.8. The van der Waals surface area contributed by atoms with E-state index in [2.05, 4.69) is 26.2 Å². The number of ether oxygens (including phenoxy) is 2.